The zero-order chi connectivity index (χ0) is 47.4. The monoisotopic (exact) mass is 919 g/mol. The molecule has 0 N–H and O–H groups in total. The van der Waals surface area contributed by atoms with E-state index in [1.165, 1.54) is 231 Å². The fourth-order valence-electron chi connectivity index (χ4n) is 9.07. The van der Waals surface area contributed by atoms with Crippen LogP contribution in [0.4, 0.5) is 0 Å². The van der Waals surface area contributed by atoms with E-state index in [9.17, 15) is 14.4 Å². The minimum absolute atomic E-state index is 0.0618. The summed E-state index contributed by atoms with van der Waals surface area (Å²) in [5, 5.41) is 0. The lowest BCUT2D eigenvalue weighted by molar-refractivity contribution is -0.167. The third-order valence-electron chi connectivity index (χ3n) is 13.9. The highest BCUT2D eigenvalue weighted by molar-refractivity contribution is 5.71. The molecule has 2 atom stereocenters. The van der Waals surface area contributed by atoms with E-state index in [0.29, 0.717) is 19.3 Å². The topological polar surface area (TPSA) is 78.9 Å². The molecule has 0 aliphatic carbocycles. The smallest absolute Gasteiger partial charge is 0.306 e. The van der Waals surface area contributed by atoms with Crippen LogP contribution in [0, 0.1) is 5.92 Å². The average Bonchev–Trinajstić information content (AvgIpc) is 3.30. The Balaban J connectivity index is 4.19. The molecule has 0 aromatic carbocycles. The van der Waals surface area contributed by atoms with Gasteiger partial charge in [-0.2, -0.15) is 0 Å². The quantitative estimate of drug-likeness (QED) is 0.0344. The lowest BCUT2D eigenvalue weighted by Crippen LogP contribution is -2.30. The molecule has 0 aromatic heterocycles. The molecule has 0 amide bonds. The van der Waals surface area contributed by atoms with Crippen molar-refractivity contribution in [3.05, 3.63) is 0 Å². The van der Waals surface area contributed by atoms with E-state index in [0.717, 1.165) is 63.7 Å². The van der Waals surface area contributed by atoms with Gasteiger partial charge in [0.1, 0.15) is 13.2 Å². The number of hydrogen-bond donors (Lipinski definition) is 0. The molecule has 0 saturated heterocycles. The summed E-state index contributed by atoms with van der Waals surface area (Å²) in [6.07, 6.45) is 58.1. The van der Waals surface area contributed by atoms with Crippen LogP contribution in [-0.2, 0) is 28.6 Å². The third kappa shape index (κ3) is 51.6. The summed E-state index contributed by atoms with van der Waals surface area (Å²) in [4.78, 5) is 38.1. The van der Waals surface area contributed by atoms with Crippen LogP contribution < -0.4 is 0 Å². The van der Waals surface area contributed by atoms with Crippen LogP contribution in [-0.4, -0.2) is 37.2 Å². The molecule has 6 nitrogen and oxygen atoms in total. The molecule has 386 valence electrons. The number of rotatable bonds is 54. The second-order valence-electron chi connectivity index (χ2n) is 20.5. The van der Waals surface area contributed by atoms with Gasteiger partial charge in [-0.05, 0) is 25.2 Å². The lowest BCUT2D eigenvalue weighted by Gasteiger charge is -2.18. The second-order valence-corrected chi connectivity index (χ2v) is 20.5. The van der Waals surface area contributed by atoms with Crippen molar-refractivity contribution in [3.63, 3.8) is 0 Å². The van der Waals surface area contributed by atoms with E-state index in [4.69, 9.17) is 14.2 Å². The summed E-state index contributed by atoms with van der Waals surface area (Å²) in [5.41, 5.74) is 0. The SMILES string of the molecule is CCCCCCCCCCCCCCCCC(=O)OC[C@H](COC(=O)CCCCCCCCCCCCCCCCCCCCC(C)CC)OC(=O)CCCCCCCCCCCCC. The minimum atomic E-state index is -0.761. The fraction of sp³-hybridized carbons (Fsp3) is 0.949. The van der Waals surface area contributed by atoms with Crippen LogP contribution in [0.2, 0.25) is 0 Å². The fourth-order valence-corrected chi connectivity index (χ4v) is 9.07. The van der Waals surface area contributed by atoms with Crippen molar-refractivity contribution in [1.29, 1.82) is 0 Å². The molecule has 65 heavy (non-hydrogen) atoms. The van der Waals surface area contributed by atoms with Gasteiger partial charge in [-0.15, -0.1) is 0 Å². The number of carbonyl (C=O) groups is 3. The summed E-state index contributed by atoms with van der Waals surface area (Å²) in [6.45, 7) is 9.10. The molecule has 1 unspecified atom stereocenters. The number of ether oxygens (including phenoxy) is 3. The third-order valence-corrected chi connectivity index (χ3v) is 13.9. The highest BCUT2D eigenvalue weighted by Crippen LogP contribution is 2.18. The largest absolute Gasteiger partial charge is 0.462 e. The first kappa shape index (κ1) is 63.4. The van der Waals surface area contributed by atoms with E-state index in [-0.39, 0.29) is 31.1 Å². The van der Waals surface area contributed by atoms with Crippen LogP contribution >= 0.6 is 0 Å². The maximum Gasteiger partial charge on any atom is 0.306 e. The number of carbonyl (C=O) groups excluding carboxylic acids is 3. The molecule has 0 bridgehead atoms. The van der Waals surface area contributed by atoms with Crippen LogP contribution in [0.15, 0.2) is 0 Å². The van der Waals surface area contributed by atoms with Gasteiger partial charge in [0.15, 0.2) is 6.10 Å². The predicted octanol–water partition coefficient (Wildman–Crippen LogP) is 19.4. The Morgan fingerprint density at radius 3 is 0.800 bits per heavy atom. The van der Waals surface area contributed by atoms with E-state index in [1.807, 2.05) is 0 Å². The summed E-state index contributed by atoms with van der Waals surface area (Å²) in [7, 11) is 0. The molecular formula is C59H114O6. The first-order valence-electron chi connectivity index (χ1n) is 29.4. The van der Waals surface area contributed by atoms with E-state index >= 15 is 0 Å². The minimum Gasteiger partial charge on any atom is -0.462 e. The molecule has 0 heterocycles. The zero-order valence-electron chi connectivity index (χ0n) is 44.5. The van der Waals surface area contributed by atoms with Crippen molar-refractivity contribution in [1.82, 2.24) is 0 Å². The molecule has 0 aromatic rings. The van der Waals surface area contributed by atoms with Gasteiger partial charge >= 0.3 is 17.9 Å². The van der Waals surface area contributed by atoms with Crippen LogP contribution in [0.3, 0.4) is 0 Å². The first-order valence-corrected chi connectivity index (χ1v) is 29.4. The highest BCUT2D eigenvalue weighted by Gasteiger charge is 2.19. The Kier molecular flexibility index (Phi) is 52.1. The van der Waals surface area contributed by atoms with Crippen LogP contribution in [0.25, 0.3) is 0 Å². The highest BCUT2D eigenvalue weighted by atomic mass is 16.6. The van der Waals surface area contributed by atoms with Gasteiger partial charge in [-0.3, -0.25) is 14.4 Å². The van der Waals surface area contributed by atoms with Crippen molar-refractivity contribution in [3.8, 4) is 0 Å². The van der Waals surface area contributed by atoms with Crippen LogP contribution in [0.5, 0.6) is 0 Å². The zero-order valence-corrected chi connectivity index (χ0v) is 44.5. The van der Waals surface area contributed by atoms with E-state index in [1.54, 1.807) is 0 Å². The van der Waals surface area contributed by atoms with Crippen molar-refractivity contribution in [2.45, 2.75) is 342 Å². The van der Waals surface area contributed by atoms with Crippen molar-refractivity contribution in [2.24, 2.45) is 5.92 Å². The maximum absolute atomic E-state index is 12.8. The standard InChI is InChI=1S/C59H114O6/c1-5-8-10-12-14-16-18-19-27-31-34-38-42-46-50-57(60)63-53-56(65-59(62)52-48-44-40-36-29-17-15-13-11-9-6-2)54-64-58(61)51-47-43-39-35-32-28-25-23-21-20-22-24-26-30-33-37-41-45-49-55(4)7-3/h55-56H,5-54H2,1-4H3/t55?,56-/m1/s1. The summed E-state index contributed by atoms with van der Waals surface area (Å²) in [5.74, 6) is 0.0742. The summed E-state index contributed by atoms with van der Waals surface area (Å²) in [6, 6.07) is 0. The van der Waals surface area contributed by atoms with Gasteiger partial charge in [-0.1, -0.05) is 297 Å². The maximum atomic E-state index is 12.8. The van der Waals surface area contributed by atoms with E-state index < -0.39 is 6.10 Å². The molecule has 6 heteroatoms. The predicted molar refractivity (Wildman–Crippen MR) is 280 cm³/mol. The van der Waals surface area contributed by atoms with Gasteiger partial charge in [-0.25, -0.2) is 0 Å². The first-order chi connectivity index (χ1) is 31.9. The van der Waals surface area contributed by atoms with Crippen molar-refractivity contribution in [2.75, 3.05) is 13.2 Å². The Morgan fingerprint density at radius 1 is 0.308 bits per heavy atom. The molecule has 0 fully saturated rings. The molecular weight excluding hydrogens is 805 g/mol. The molecule has 0 aliphatic heterocycles. The Bertz CT molecular complexity index is 982. The average molecular weight is 920 g/mol. The summed E-state index contributed by atoms with van der Waals surface area (Å²) >= 11 is 0. The molecule has 0 rings (SSSR count). The normalized spacial score (nSPS) is 12.4. The van der Waals surface area contributed by atoms with Gasteiger partial charge in [0.25, 0.3) is 0 Å². The Morgan fingerprint density at radius 2 is 0.538 bits per heavy atom. The molecule has 0 radical (unpaired) electrons. The van der Waals surface area contributed by atoms with E-state index in [2.05, 4.69) is 27.7 Å². The number of esters is 3. The molecule has 0 aliphatic rings. The summed E-state index contributed by atoms with van der Waals surface area (Å²) < 4.78 is 16.9. The Hall–Kier alpha value is -1.59. The number of unbranched alkanes of at least 4 members (excludes halogenated alkanes) is 40. The second kappa shape index (κ2) is 53.4. The lowest BCUT2D eigenvalue weighted by atomic mass is 9.99. The van der Waals surface area contributed by atoms with Gasteiger partial charge in [0, 0.05) is 19.3 Å². The Labute approximate surface area is 406 Å². The van der Waals surface area contributed by atoms with Gasteiger partial charge in [0.05, 0.1) is 0 Å². The van der Waals surface area contributed by atoms with Gasteiger partial charge in [0.2, 0.25) is 0 Å². The number of hydrogen-bond acceptors (Lipinski definition) is 6. The van der Waals surface area contributed by atoms with Crippen LogP contribution in [0.1, 0.15) is 336 Å². The van der Waals surface area contributed by atoms with Crippen molar-refractivity contribution < 1.29 is 28.6 Å². The molecule has 0 saturated carbocycles. The van der Waals surface area contributed by atoms with Crippen molar-refractivity contribution >= 4 is 17.9 Å². The van der Waals surface area contributed by atoms with Gasteiger partial charge < -0.3 is 14.2 Å². The molecule has 0 spiro atoms.